The van der Waals surface area contributed by atoms with E-state index in [0.717, 1.165) is 17.5 Å². The summed E-state index contributed by atoms with van der Waals surface area (Å²) < 4.78 is 20.0. The van der Waals surface area contributed by atoms with Crippen molar-refractivity contribution in [3.63, 3.8) is 0 Å². The van der Waals surface area contributed by atoms with Gasteiger partial charge in [-0.1, -0.05) is 37.3 Å². The minimum Gasteiger partial charge on any atom is -0.463 e. The van der Waals surface area contributed by atoms with Crippen LogP contribution in [0.25, 0.3) is 5.69 Å². The Bertz CT molecular complexity index is 1020. The van der Waals surface area contributed by atoms with E-state index in [1.807, 2.05) is 25.1 Å². The smallest absolute Gasteiger partial charge is 0.271 e. The van der Waals surface area contributed by atoms with Crippen LogP contribution in [0.4, 0.5) is 4.39 Å². The Morgan fingerprint density at radius 1 is 1.10 bits per heavy atom. The van der Waals surface area contributed by atoms with Gasteiger partial charge in [-0.3, -0.25) is 9.59 Å². The molecule has 3 aromatic rings. The molecule has 1 unspecified atom stereocenters. The SMILES string of the molecule is CCC(Oc1ccc(=O)n(-c2ccc(F)cc2)n1)C(=O)NCCCc1ccccc1. The fourth-order valence-electron chi connectivity index (χ4n) is 2.96. The molecule has 0 fully saturated rings. The van der Waals surface area contributed by atoms with E-state index in [-0.39, 0.29) is 17.3 Å². The lowest BCUT2D eigenvalue weighted by Gasteiger charge is -2.17. The highest BCUT2D eigenvalue weighted by Crippen LogP contribution is 2.11. The molecule has 0 saturated carbocycles. The molecule has 1 N–H and O–H groups in total. The lowest BCUT2D eigenvalue weighted by molar-refractivity contribution is -0.128. The number of carbonyl (C=O) groups is 1. The lowest BCUT2D eigenvalue weighted by atomic mass is 10.1. The highest BCUT2D eigenvalue weighted by molar-refractivity contribution is 5.80. The summed E-state index contributed by atoms with van der Waals surface area (Å²) in [5.74, 6) is -0.494. The second kappa shape index (κ2) is 10.3. The molecule has 0 aliphatic rings. The molecular weight excluding hydrogens is 385 g/mol. The van der Waals surface area contributed by atoms with Crippen LogP contribution < -0.4 is 15.6 Å². The summed E-state index contributed by atoms with van der Waals surface area (Å²) in [5.41, 5.74) is 1.25. The highest BCUT2D eigenvalue weighted by atomic mass is 19.1. The van der Waals surface area contributed by atoms with Crippen LogP contribution in [0.15, 0.2) is 71.5 Å². The number of carbonyl (C=O) groups excluding carboxylic acids is 1. The van der Waals surface area contributed by atoms with Crippen molar-refractivity contribution >= 4 is 5.91 Å². The molecule has 156 valence electrons. The average Bonchev–Trinajstić information content (AvgIpc) is 2.77. The predicted molar refractivity (Wildman–Crippen MR) is 112 cm³/mol. The van der Waals surface area contributed by atoms with E-state index in [0.29, 0.717) is 18.7 Å². The number of nitrogens with one attached hydrogen (secondary N) is 1. The van der Waals surface area contributed by atoms with Crippen LogP contribution in [0, 0.1) is 5.82 Å². The molecule has 3 rings (SSSR count). The van der Waals surface area contributed by atoms with Crippen LogP contribution in [0.2, 0.25) is 0 Å². The number of halogens is 1. The normalized spacial score (nSPS) is 11.7. The summed E-state index contributed by atoms with van der Waals surface area (Å²) >= 11 is 0. The van der Waals surface area contributed by atoms with Gasteiger partial charge in [0, 0.05) is 18.7 Å². The Hall–Kier alpha value is -3.48. The van der Waals surface area contributed by atoms with E-state index in [9.17, 15) is 14.0 Å². The topological polar surface area (TPSA) is 73.2 Å². The molecule has 0 aliphatic carbocycles. The predicted octanol–water partition coefficient (Wildman–Crippen LogP) is 3.28. The summed E-state index contributed by atoms with van der Waals surface area (Å²) in [6.07, 6.45) is 1.42. The second-order valence-electron chi connectivity index (χ2n) is 6.79. The van der Waals surface area contributed by atoms with Crippen molar-refractivity contribution in [1.29, 1.82) is 0 Å². The van der Waals surface area contributed by atoms with Crippen molar-refractivity contribution in [3.05, 3.63) is 88.5 Å². The largest absolute Gasteiger partial charge is 0.463 e. The number of aryl methyl sites for hydroxylation is 1. The minimum atomic E-state index is -0.728. The Balaban J connectivity index is 1.59. The standard InChI is InChI=1S/C23H24FN3O3/c1-2-20(23(29)25-16-6-9-17-7-4-3-5-8-17)30-21-14-15-22(28)27(26-21)19-12-10-18(24)11-13-19/h3-5,7-8,10-15,20H,2,6,9,16H2,1H3,(H,25,29). The molecule has 0 radical (unpaired) electrons. The van der Waals surface area contributed by atoms with Crippen molar-refractivity contribution in [1.82, 2.24) is 15.1 Å². The lowest BCUT2D eigenvalue weighted by Crippen LogP contribution is -2.39. The van der Waals surface area contributed by atoms with Gasteiger partial charge in [-0.05, 0) is 49.1 Å². The molecule has 1 amide bonds. The summed E-state index contributed by atoms with van der Waals surface area (Å²) in [7, 11) is 0. The first kappa shape index (κ1) is 21.2. The first-order chi connectivity index (χ1) is 14.6. The van der Waals surface area contributed by atoms with E-state index in [4.69, 9.17) is 4.74 Å². The Morgan fingerprint density at radius 2 is 1.83 bits per heavy atom. The monoisotopic (exact) mass is 409 g/mol. The second-order valence-corrected chi connectivity index (χ2v) is 6.79. The van der Waals surface area contributed by atoms with E-state index >= 15 is 0 Å². The molecule has 6 nitrogen and oxygen atoms in total. The van der Waals surface area contributed by atoms with Crippen molar-refractivity contribution in [2.45, 2.75) is 32.3 Å². The number of benzene rings is 2. The van der Waals surface area contributed by atoms with Gasteiger partial charge >= 0.3 is 0 Å². The van der Waals surface area contributed by atoms with E-state index in [1.165, 1.54) is 42.0 Å². The minimum absolute atomic E-state index is 0.144. The maximum Gasteiger partial charge on any atom is 0.271 e. The van der Waals surface area contributed by atoms with Gasteiger partial charge < -0.3 is 10.1 Å². The number of ether oxygens (including phenoxy) is 1. The Morgan fingerprint density at radius 3 is 2.53 bits per heavy atom. The van der Waals surface area contributed by atoms with Gasteiger partial charge in [-0.25, -0.2) is 4.39 Å². The third-order valence-electron chi connectivity index (χ3n) is 4.56. The van der Waals surface area contributed by atoms with Crippen LogP contribution in [0.5, 0.6) is 5.88 Å². The van der Waals surface area contributed by atoms with Crippen molar-refractivity contribution in [3.8, 4) is 11.6 Å². The molecule has 0 spiro atoms. The fourth-order valence-corrected chi connectivity index (χ4v) is 2.96. The van der Waals surface area contributed by atoms with Gasteiger partial charge in [0.25, 0.3) is 11.5 Å². The number of amides is 1. The number of aromatic nitrogens is 2. The zero-order valence-electron chi connectivity index (χ0n) is 16.8. The number of nitrogens with zero attached hydrogens (tertiary/aromatic N) is 2. The first-order valence-electron chi connectivity index (χ1n) is 9.91. The molecule has 0 aliphatic heterocycles. The maximum absolute atomic E-state index is 13.1. The van der Waals surface area contributed by atoms with Gasteiger partial charge in [0.1, 0.15) is 5.82 Å². The van der Waals surface area contributed by atoms with Crippen LogP contribution in [-0.4, -0.2) is 28.3 Å². The summed E-state index contributed by atoms with van der Waals surface area (Å²) in [6.45, 7) is 2.38. The van der Waals surface area contributed by atoms with Gasteiger partial charge in [-0.15, -0.1) is 5.10 Å². The molecule has 1 heterocycles. The third-order valence-corrected chi connectivity index (χ3v) is 4.56. The zero-order chi connectivity index (χ0) is 21.3. The average molecular weight is 409 g/mol. The van der Waals surface area contributed by atoms with Crippen LogP contribution in [-0.2, 0) is 11.2 Å². The van der Waals surface area contributed by atoms with Gasteiger partial charge in [0.2, 0.25) is 5.88 Å². The van der Waals surface area contributed by atoms with E-state index in [1.54, 1.807) is 0 Å². The Kier molecular flexibility index (Phi) is 7.32. The van der Waals surface area contributed by atoms with Gasteiger partial charge in [0.05, 0.1) is 5.69 Å². The number of rotatable bonds is 9. The molecule has 1 atom stereocenters. The summed E-state index contributed by atoms with van der Waals surface area (Å²) in [4.78, 5) is 24.6. The molecule has 2 aromatic carbocycles. The quantitative estimate of drug-likeness (QED) is 0.551. The van der Waals surface area contributed by atoms with Crippen molar-refractivity contribution in [2.24, 2.45) is 0 Å². The van der Waals surface area contributed by atoms with Crippen LogP contribution in [0.3, 0.4) is 0 Å². The van der Waals surface area contributed by atoms with Crippen LogP contribution in [0.1, 0.15) is 25.3 Å². The number of hydrogen-bond acceptors (Lipinski definition) is 4. The van der Waals surface area contributed by atoms with Crippen LogP contribution >= 0.6 is 0 Å². The molecule has 30 heavy (non-hydrogen) atoms. The molecule has 7 heteroatoms. The summed E-state index contributed by atoms with van der Waals surface area (Å²) in [5, 5.41) is 7.04. The zero-order valence-corrected chi connectivity index (χ0v) is 16.8. The van der Waals surface area contributed by atoms with E-state index < -0.39 is 11.9 Å². The van der Waals surface area contributed by atoms with Gasteiger partial charge in [-0.2, -0.15) is 4.68 Å². The fraction of sp³-hybridized carbons (Fsp3) is 0.261. The summed E-state index contributed by atoms with van der Waals surface area (Å²) in [6, 6.07) is 18.2. The van der Waals surface area contributed by atoms with E-state index in [2.05, 4.69) is 22.5 Å². The van der Waals surface area contributed by atoms with Gasteiger partial charge in [0.15, 0.2) is 6.10 Å². The highest BCUT2D eigenvalue weighted by Gasteiger charge is 2.19. The first-order valence-corrected chi connectivity index (χ1v) is 9.91. The number of hydrogen-bond donors (Lipinski definition) is 1. The molecular formula is C23H24FN3O3. The molecule has 0 saturated heterocycles. The van der Waals surface area contributed by atoms with Crippen molar-refractivity contribution in [2.75, 3.05) is 6.54 Å². The Labute approximate surface area is 174 Å². The molecule has 0 bridgehead atoms. The van der Waals surface area contributed by atoms with Crippen molar-refractivity contribution < 1.29 is 13.9 Å². The maximum atomic E-state index is 13.1. The molecule has 1 aromatic heterocycles. The third kappa shape index (κ3) is 5.76.